The minimum atomic E-state index is -1.07. The predicted molar refractivity (Wildman–Crippen MR) is 106 cm³/mol. The highest BCUT2D eigenvalue weighted by Gasteiger charge is 2.49. The van der Waals surface area contributed by atoms with E-state index in [2.05, 4.69) is 5.32 Å². The predicted octanol–water partition coefficient (Wildman–Crippen LogP) is 3.21. The van der Waals surface area contributed by atoms with Crippen LogP contribution in [0, 0.1) is 5.82 Å². The lowest BCUT2D eigenvalue weighted by atomic mass is 9.86. The highest BCUT2D eigenvalue weighted by Crippen LogP contribution is 2.40. The molecule has 0 saturated carbocycles. The third kappa shape index (κ3) is 3.90. The summed E-state index contributed by atoms with van der Waals surface area (Å²) in [4.78, 5) is 26.8. The molecule has 1 unspecified atom stereocenters. The fraction of sp³-hybridized carbons (Fsp3) is 0.364. The van der Waals surface area contributed by atoms with Crippen LogP contribution in [0.4, 0.5) is 4.39 Å². The molecule has 3 rings (SSSR count). The van der Waals surface area contributed by atoms with Crippen molar-refractivity contribution in [2.45, 2.75) is 38.4 Å². The number of carbonyl (C=O) groups is 2. The van der Waals surface area contributed by atoms with Crippen molar-refractivity contribution in [3.8, 4) is 11.5 Å². The molecule has 1 atom stereocenters. The van der Waals surface area contributed by atoms with Gasteiger partial charge in [-0.05, 0) is 37.6 Å². The van der Waals surface area contributed by atoms with Crippen molar-refractivity contribution in [2.75, 3.05) is 14.2 Å². The van der Waals surface area contributed by atoms with Gasteiger partial charge < -0.3 is 19.7 Å². The number of likely N-dealkylation sites (tertiary alicyclic amines) is 1. The van der Waals surface area contributed by atoms with E-state index >= 15 is 0 Å². The first kappa shape index (κ1) is 20.6. The van der Waals surface area contributed by atoms with Gasteiger partial charge in [0, 0.05) is 12.1 Å². The lowest BCUT2D eigenvalue weighted by molar-refractivity contribution is -0.162. The Balaban J connectivity index is 1.74. The Labute approximate surface area is 169 Å². The minimum Gasteiger partial charge on any atom is -0.493 e. The quantitative estimate of drug-likeness (QED) is 0.725. The Hall–Kier alpha value is -3.09. The molecule has 1 aliphatic rings. The number of rotatable bonds is 7. The van der Waals surface area contributed by atoms with Gasteiger partial charge in [-0.2, -0.15) is 0 Å². The van der Waals surface area contributed by atoms with Gasteiger partial charge in [-0.25, -0.2) is 4.39 Å². The molecule has 0 radical (unpaired) electrons. The number of halogens is 1. The minimum absolute atomic E-state index is 0.113. The third-order valence-electron chi connectivity index (χ3n) is 5.28. The summed E-state index contributed by atoms with van der Waals surface area (Å²) < 4.78 is 23.9. The number of carbonyl (C=O) groups excluding carboxylic acids is 2. The molecule has 2 amide bonds. The zero-order valence-electron chi connectivity index (χ0n) is 17.0. The van der Waals surface area contributed by atoms with Gasteiger partial charge in [-0.15, -0.1) is 0 Å². The average Bonchev–Trinajstić information content (AvgIpc) is 2.69. The number of hydrogen-bond acceptors (Lipinski definition) is 4. The van der Waals surface area contributed by atoms with Crippen LogP contribution in [0.25, 0.3) is 0 Å². The number of amides is 2. The Morgan fingerprint density at radius 2 is 1.86 bits per heavy atom. The van der Waals surface area contributed by atoms with E-state index in [0.717, 1.165) is 11.1 Å². The summed E-state index contributed by atoms with van der Waals surface area (Å²) in [6.45, 7) is 3.64. The third-order valence-corrected chi connectivity index (χ3v) is 5.28. The molecule has 1 fully saturated rings. The lowest BCUT2D eigenvalue weighted by Crippen LogP contribution is -2.63. The van der Waals surface area contributed by atoms with E-state index in [1.165, 1.54) is 12.1 Å². The van der Waals surface area contributed by atoms with Crippen LogP contribution in [0.1, 0.15) is 37.4 Å². The topological polar surface area (TPSA) is 67.9 Å². The maximum Gasteiger partial charge on any atom is 0.245 e. The molecule has 0 aromatic heterocycles. The van der Waals surface area contributed by atoms with Crippen LogP contribution < -0.4 is 14.8 Å². The summed E-state index contributed by atoms with van der Waals surface area (Å²) in [5.74, 6) is 0.390. The molecule has 0 bridgehead atoms. The molecular formula is C22H25FN2O4. The maximum atomic E-state index is 13.2. The summed E-state index contributed by atoms with van der Waals surface area (Å²) in [5, 5.41) is 2.89. The SMILES string of the molecule is COc1cccc(CNC(=O)C(C)(C)N2C(=O)CC2c2ccc(F)cc2)c1OC. The molecule has 1 N–H and O–H groups in total. The Morgan fingerprint density at radius 1 is 1.17 bits per heavy atom. The maximum absolute atomic E-state index is 13.2. The number of ether oxygens (including phenoxy) is 2. The van der Waals surface area contributed by atoms with Gasteiger partial charge in [0.15, 0.2) is 11.5 Å². The average molecular weight is 400 g/mol. The molecular weight excluding hydrogens is 375 g/mol. The Kier molecular flexibility index (Phi) is 5.77. The van der Waals surface area contributed by atoms with Crippen molar-refractivity contribution in [1.82, 2.24) is 10.2 Å². The molecule has 154 valence electrons. The van der Waals surface area contributed by atoms with Gasteiger partial charge in [0.25, 0.3) is 0 Å². The van der Waals surface area contributed by atoms with E-state index in [1.54, 1.807) is 51.2 Å². The van der Waals surface area contributed by atoms with Crippen molar-refractivity contribution in [3.05, 3.63) is 59.4 Å². The fourth-order valence-electron chi connectivity index (χ4n) is 3.66. The zero-order chi connectivity index (χ0) is 21.2. The first-order valence-electron chi connectivity index (χ1n) is 9.35. The first-order chi connectivity index (χ1) is 13.8. The van der Waals surface area contributed by atoms with E-state index in [0.29, 0.717) is 17.9 Å². The zero-order valence-corrected chi connectivity index (χ0v) is 17.0. The van der Waals surface area contributed by atoms with Crippen LogP contribution in [-0.2, 0) is 16.1 Å². The highest BCUT2D eigenvalue weighted by atomic mass is 19.1. The number of para-hydroxylation sites is 1. The van der Waals surface area contributed by atoms with E-state index in [9.17, 15) is 14.0 Å². The molecule has 2 aromatic rings. The normalized spacial score (nSPS) is 16.2. The monoisotopic (exact) mass is 400 g/mol. The Bertz CT molecular complexity index is 912. The second-order valence-electron chi connectivity index (χ2n) is 7.43. The van der Waals surface area contributed by atoms with Gasteiger partial charge in [-0.3, -0.25) is 9.59 Å². The number of benzene rings is 2. The molecule has 1 aliphatic heterocycles. The van der Waals surface area contributed by atoms with Crippen molar-refractivity contribution in [3.63, 3.8) is 0 Å². The largest absolute Gasteiger partial charge is 0.493 e. The van der Waals surface area contributed by atoms with E-state index in [1.807, 2.05) is 12.1 Å². The lowest BCUT2D eigenvalue weighted by Gasteiger charge is -2.49. The van der Waals surface area contributed by atoms with Gasteiger partial charge in [0.1, 0.15) is 11.4 Å². The standard InChI is InChI=1S/C22H25FN2O4/c1-22(2,25-17(12-19(25)26)14-8-10-16(23)11-9-14)21(27)24-13-15-6-5-7-18(28-3)20(15)29-4/h5-11,17H,12-13H2,1-4H3,(H,24,27). The number of nitrogens with zero attached hydrogens (tertiary/aromatic N) is 1. The molecule has 0 spiro atoms. The second kappa shape index (κ2) is 8.11. The van der Waals surface area contributed by atoms with Gasteiger partial charge in [0.05, 0.1) is 26.7 Å². The molecule has 29 heavy (non-hydrogen) atoms. The fourth-order valence-corrected chi connectivity index (χ4v) is 3.66. The van der Waals surface area contributed by atoms with E-state index in [4.69, 9.17) is 9.47 Å². The number of β-lactam (4-membered cyclic amide) rings is 1. The van der Waals surface area contributed by atoms with Crippen LogP contribution in [0.5, 0.6) is 11.5 Å². The smallest absolute Gasteiger partial charge is 0.245 e. The summed E-state index contributed by atoms with van der Waals surface area (Å²) in [6.07, 6.45) is 0.298. The highest BCUT2D eigenvalue weighted by molar-refractivity contribution is 5.94. The van der Waals surface area contributed by atoms with Gasteiger partial charge >= 0.3 is 0 Å². The van der Waals surface area contributed by atoms with E-state index in [-0.39, 0.29) is 30.2 Å². The number of nitrogens with one attached hydrogen (secondary N) is 1. The van der Waals surface area contributed by atoms with Crippen LogP contribution >= 0.6 is 0 Å². The molecule has 7 heteroatoms. The first-order valence-corrected chi connectivity index (χ1v) is 9.35. The Morgan fingerprint density at radius 3 is 2.45 bits per heavy atom. The van der Waals surface area contributed by atoms with Crippen LogP contribution in [0.15, 0.2) is 42.5 Å². The van der Waals surface area contributed by atoms with Crippen LogP contribution in [0.2, 0.25) is 0 Å². The number of hydrogen-bond donors (Lipinski definition) is 1. The number of methoxy groups -OCH3 is 2. The molecule has 6 nitrogen and oxygen atoms in total. The van der Waals surface area contributed by atoms with Gasteiger partial charge in [-0.1, -0.05) is 24.3 Å². The van der Waals surface area contributed by atoms with Crippen LogP contribution in [0.3, 0.4) is 0 Å². The van der Waals surface area contributed by atoms with Crippen molar-refractivity contribution >= 4 is 11.8 Å². The summed E-state index contributed by atoms with van der Waals surface area (Å²) in [6, 6.07) is 11.2. The van der Waals surface area contributed by atoms with E-state index < -0.39 is 5.54 Å². The summed E-state index contributed by atoms with van der Waals surface area (Å²) >= 11 is 0. The summed E-state index contributed by atoms with van der Waals surface area (Å²) in [5.41, 5.74) is 0.503. The second-order valence-corrected chi connectivity index (χ2v) is 7.43. The molecule has 1 heterocycles. The van der Waals surface area contributed by atoms with Crippen molar-refractivity contribution in [1.29, 1.82) is 0 Å². The van der Waals surface area contributed by atoms with Crippen molar-refractivity contribution in [2.24, 2.45) is 0 Å². The summed E-state index contributed by atoms with van der Waals surface area (Å²) in [7, 11) is 3.09. The van der Waals surface area contributed by atoms with Crippen LogP contribution in [-0.4, -0.2) is 36.5 Å². The van der Waals surface area contributed by atoms with Gasteiger partial charge in [0.2, 0.25) is 11.8 Å². The van der Waals surface area contributed by atoms with Crippen molar-refractivity contribution < 1.29 is 23.5 Å². The molecule has 1 saturated heterocycles. The molecule has 0 aliphatic carbocycles. The molecule has 2 aromatic carbocycles.